The lowest BCUT2D eigenvalue weighted by molar-refractivity contribution is 0.482. The van der Waals surface area contributed by atoms with E-state index in [2.05, 4.69) is 0 Å². The Morgan fingerprint density at radius 2 is 1.55 bits per heavy atom. The first kappa shape index (κ1) is 17.0. The molecule has 0 aliphatic carbocycles. The van der Waals surface area contributed by atoms with E-state index in [1.807, 2.05) is 0 Å². The largest absolute Gasteiger partial charge is 0.457 e. The van der Waals surface area contributed by atoms with Gasteiger partial charge in [-0.3, -0.25) is 0 Å². The Balaban J connectivity index is 0.00000176. The Labute approximate surface area is 140 Å². The van der Waals surface area contributed by atoms with E-state index in [0.717, 1.165) is 5.75 Å². The highest BCUT2D eigenvalue weighted by molar-refractivity contribution is 8.08. The molecule has 0 saturated carbocycles. The Bertz CT molecular complexity index is 726. The van der Waals surface area contributed by atoms with E-state index < -0.39 is 9.84 Å². The molecule has 0 aromatic heterocycles. The standard InChI is InChI=1S/C15H15NO3S2.ClH/c16-11-1-3-12(4-2-11)19-13-5-7-15(8-6-13)21(17,18)10-14-9-20-14;/h1-8,14H,9-10,16H2;1H/t14-;/m1./s1. The average Bonchev–Trinajstić information content (AvgIpc) is 3.25. The highest BCUT2D eigenvalue weighted by atomic mass is 35.5. The lowest BCUT2D eigenvalue weighted by Gasteiger charge is -2.07. The normalized spacial score (nSPS) is 16.6. The summed E-state index contributed by atoms with van der Waals surface area (Å²) in [6.45, 7) is 0. The van der Waals surface area contributed by atoms with Gasteiger partial charge in [-0.1, -0.05) is 0 Å². The molecule has 1 atom stereocenters. The number of hydrogen-bond acceptors (Lipinski definition) is 5. The van der Waals surface area contributed by atoms with Gasteiger partial charge < -0.3 is 10.5 Å². The molecule has 0 unspecified atom stereocenters. The van der Waals surface area contributed by atoms with Crippen LogP contribution in [-0.2, 0) is 9.84 Å². The zero-order valence-corrected chi connectivity index (χ0v) is 14.1. The lowest BCUT2D eigenvalue weighted by Crippen LogP contribution is -2.10. The fraction of sp³-hybridized carbons (Fsp3) is 0.200. The molecule has 1 fully saturated rings. The van der Waals surface area contributed by atoms with Crippen LogP contribution in [0.25, 0.3) is 0 Å². The number of nitrogens with two attached hydrogens (primary N) is 1. The van der Waals surface area contributed by atoms with E-state index in [1.165, 1.54) is 0 Å². The van der Waals surface area contributed by atoms with Crippen LogP contribution in [0.5, 0.6) is 11.5 Å². The van der Waals surface area contributed by atoms with Gasteiger partial charge in [0.05, 0.1) is 10.6 Å². The first-order valence-electron chi connectivity index (χ1n) is 6.51. The minimum absolute atomic E-state index is 0. The SMILES string of the molecule is Cl.Nc1ccc(Oc2ccc(S(=O)(=O)C[C@H]3CS3)cc2)cc1. The van der Waals surface area contributed by atoms with Crippen molar-refractivity contribution < 1.29 is 13.2 Å². The summed E-state index contributed by atoms with van der Waals surface area (Å²) >= 11 is 1.68. The summed E-state index contributed by atoms with van der Waals surface area (Å²) in [7, 11) is -3.19. The molecule has 0 radical (unpaired) electrons. The molecule has 2 aromatic carbocycles. The van der Waals surface area contributed by atoms with Gasteiger partial charge in [0.2, 0.25) is 0 Å². The Kier molecular flexibility index (Phi) is 5.26. The summed E-state index contributed by atoms with van der Waals surface area (Å²) in [5.74, 6) is 2.42. The number of halogens is 1. The lowest BCUT2D eigenvalue weighted by atomic mass is 10.3. The topological polar surface area (TPSA) is 69.4 Å². The smallest absolute Gasteiger partial charge is 0.179 e. The number of ether oxygens (including phenoxy) is 1. The molecular formula is C15H16ClNO3S2. The summed E-state index contributed by atoms with van der Waals surface area (Å²) in [4.78, 5) is 0.347. The van der Waals surface area contributed by atoms with Crippen LogP contribution >= 0.6 is 24.2 Å². The summed E-state index contributed by atoms with van der Waals surface area (Å²) in [6, 6.07) is 13.6. The second-order valence-corrected chi connectivity index (χ2v) is 8.25. The van der Waals surface area contributed by atoms with Crippen LogP contribution < -0.4 is 10.5 Å². The van der Waals surface area contributed by atoms with Crippen molar-refractivity contribution in [3.8, 4) is 11.5 Å². The predicted octanol–water partition coefficient (Wildman–Crippen LogP) is 3.37. The van der Waals surface area contributed by atoms with Gasteiger partial charge in [0.1, 0.15) is 11.5 Å². The Morgan fingerprint density at radius 1 is 1.05 bits per heavy atom. The Morgan fingerprint density at radius 3 is 2.05 bits per heavy atom. The van der Waals surface area contributed by atoms with Crippen LogP contribution in [0.15, 0.2) is 53.4 Å². The molecule has 2 aromatic rings. The van der Waals surface area contributed by atoms with Gasteiger partial charge in [-0.15, -0.1) is 12.4 Å². The molecule has 118 valence electrons. The van der Waals surface area contributed by atoms with Gasteiger partial charge in [0.15, 0.2) is 9.84 Å². The fourth-order valence-corrected chi connectivity index (χ4v) is 4.57. The quantitative estimate of drug-likeness (QED) is 0.656. The zero-order valence-electron chi connectivity index (χ0n) is 11.6. The average molecular weight is 358 g/mol. The molecule has 1 aliphatic heterocycles. The van der Waals surface area contributed by atoms with Crippen molar-refractivity contribution in [2.24, 2.45) is 0 Å². The van der Waals surface area contributed by atoms with E-state index in [9.17, 15) is 8.42 Å². The third-order valence-electron chi connectivity index (χ3n) is 3.11. The van der Waals surface area contributed by atoms with Gasteiger partial charge in [0, 0.05) is 16.7 Å². The molecular weight excluding hydrogens is 342 g/mol. The maximum absolute atomic E-state index is 12.1. The molecule has 0 bridgehead atoms. The maximum atomic E-state index is 12.1. The molecule has 2 N–H and O–H groups in total. The molecule has 1 aliphatic rings. The fourth-order valence-electron chi connectivity index (χ4n) is 1.89. The summed E-state index contributed by atoms with van der Waals surface area (Å²) in [6.07, 6.45) is 0. The van der Waals surface area contributed by atoms with Crippen LogP contribution in [0.2, 0.25) is 0 Å². The van der Waals surface area contributed by atoms with Gasteiger partial charge in [-0.2, -0.15) is 11.8 Å². The van der Waals surface area contributed by atoms with Crippen molar-refractivity contribution in [3.63, 3.8) is 0 Å². The molecule has 1 saturated heterocycles. The first-order valence-corrected chi connectivity index (χ1v) is 9.21. The third-order valence-corrected chi connectivity index (χ3v) is 6.12. The van der Waals surface area contributed by atoms with Crippen LogP contribution in [-0.4, -0.2) is 25.2 Å². The summed E-state index contributed by atoms with van der Waals surface area (Å²) in [5.41, 5.74) is 6.28. The highest BCUT2D eigenvalue weighted by Crippen LogP contribution is 2.33. The first-order chi connectivity index (χ1) is 10.0. The number of sulfone groups is 1. The van der Waals surface area contributed by atoms with Gasteiger partial charge in [-0.25, -0.2) is 8.42 Å². The van der Waals surface area contributed by atoms with Crippen LogP contribution in [0, 0.1) is 0 Å². The van der Waals surface area contributed by atoms with Crippen LogP contribution in [0.4, 0.5) is 5.69 Å². The van der Waals surface area contributed by atoms with E-state index in [-0.39, 0.29) is 23.4 Å². The number of anilines is 1. The molecule has 3 rings (SSSR count). The van der Waals surface area contributed by atoms with E-state index in [1.54, 1.807) is 60.3 Å². The highest BCUT2D eigenvalue weighted by Gasteiger charge is 2.29. The van der Waals surface area contributed by atoms with Crippen molar-refractivity contribution in [2.75, 3.05) is 17.2 Å². The minimum Gasteiger partial charge on any atom is -0.457 e. The molecule has 4 nitrogen and oxygen atoms in total. The maximum Gasteiger partial charge on any atom is 0.179 e. The van der Waals surface area contributed by atoms with Crippen molar-refractivity contribution in [1.29, 1.82) is 0 Å². The van der Waals surface area contributed by atoms with Crippen molar-refractivity contribution in [1.82, 2.24) is 0 Å². The number of thioether (sulfide) groups is 1. The molecule has 22 heavy (non-hydrogen) atoms. The van der Waals surface area contributed by atoms with Gasteiger partial charge in [-0.05, 0) is 48.5 Å². The predicted molar refractivity (Wildman–Crippen MR) is 92.9 cm³/mol. The number of rotatable bonds is 5. The number of nitrogen functional groups attached to an aromatic ring is 1. The van der Waals surface area contributed by atoms with Crippen molar-refractivity contribution >= 4 is 39.7 Å². The van der Waals surface area contributed by atoms with Crippen molar-refractivity contribution in [3.05, 3.63) is 48.5 Å². The summed E-state index contributed by atoms with van der Waals surface area (Å²) in [5, 5.41) is 0.265. The van der Waals surface area contributed by atoms with Gasteiger partial charge in [0.25, 0.3) is 0 Å². The minimum atomic E-state index is -3.19. The Hall–Kier alpha value is -1.37. The van der Waals surface area contributed by atoms with Crippen LogP contribution in [0.3, 0.4) is 0 Å². The monoisotopic (exact) mass is 357 g/mol. The second kappa shape index (κ2) is 6.81. The zero-order chi connectivity index (χ0) is 14.9. The second-order valence-electron chi connectivity index (χ2n) is 4.88. The van der Waals surface area contributed by atoms with Crippen molar-refractivity contribution in [2.45, 2.75) is 10.1 Å². The van der Waals surface area contributed by atoms with E-state index in [0.29, 0.717) is 22.1 Å². The molecule has 7 heteroatoms. The number of hydrogen-bond donors (Lipinski definition) is 1. The van der Waals surface area contributed by atoms with Crippen LogP contribution in [0.1, 0.15) is 0 Å². The van der Waals surface area contributed by atoms with E-state index in [4.69, 9.17) is 10.5 Å². The number of benzene rings is 2. The molecule has 0 spiro atoms. The van der Waals surface area contributed by atoms with E-state index >= 15 is 0 Å². The molecule has 0 amide bonds. The third kappa shape index (κ3) is 4.32. The summed E-state index contributed by atoms with van der Waals surface area (Å²) < 4.78 is 29.9. The van der Waals surface area contributed by atoms with Gasteiger partial charge >= 0.3 is 0 Å². The molecule has 1 heterocycles.